The smallest absolute Gasteiger partial charge is 0.0709 e. The molecule has 3 rings (SSSR count). The topological polar surface area (TPSA) is 36.7 Å². The number of nitrogens with zero attached hydrogens (tertiary/aromatic N) is 2. The molecule has 1 aromatic heterocycles. The van der Waals surface area contributed by atoms with E-state index in [0.717, 1.165) is 11.0 Å². The van der Waals surface area contributed by atoms with Gasteiger partial charge in [-0.1, -0.05) is 36.4 Å². The van der Waals surface area contributed by atoms with Gasteiger partial charge in [-0.25, -0.2) is 4.98 Å². The van der Waals surface area contributed by atoms with Crippen LogP contribution in [-0.4, -0.2) is 4.98 Å². The molecule has 0 fully saturated rings. The Labute approximate surface area is 100 Å². The first kappa shape index (κ1) is 11.1. The van der Waals surface area contributed by atoms with Crippen molar-refractivity contribution in [2.24, 2.45) is 0 Å². The lowest BCUT2D eigenvalue weighted by Crippen LogP contribution is -1.80. The number of fused-ring (bicyclic) bond motifs is 2. The molecule has 0 aliphatic rings. The first-order valence-electron chi connectivity index (χ1n) is 5.40. The monoisotopic (exact) mass is 220 g/mol. The van der Waals surface area contributed by atoms with Gasteiger partial charge in [-0.15, -0.1) is 0 Å². The molecule has 82 valence electrons. The van der Waals surface area contributed by atoms with E-state index in [1.165, 1.54) is 17.7 Å². The maximum Gasteiger partial charge on any atom is 0.0709 e. The highest BCUT2D eigenvalue weighted by molar-refractivity contribution is 5.92. The molecule has 0 aliphatic carbocycles. The molecule has 0 bridgehead atoms. The van der Waals surface area contributed by atoms with Crippen molar-refractivity contribution in [2.45, 2.75) is 6.92 Å². The predicted molar refractivity (Wildman–Crippen MR) is 70.5 cm³/mol. The van der Waals surface area contributed by atoms with Crippen LogP contribution in [0.1, 0.15) is 6.92 Å². The highest BCUT2D eigenvalue weighted by Gasteiger charge is 1.96. The van der Waals surface area contributed by atoms with Crippen molar-refractivity contribution >= 4 is 21.8 Å². The lowest BCUT2D eigenvalue weighted by Gasteiger charge is -1.99. The standard InChI is InChI=1S/C13H9N.C2H3N/c1-3-7-12-10(5-1)9-11-6-2-4-8-13(11)14-12;1-2-3/h1-9H;1H3. The lowest BCUT2D eigenvalue weighted by atomic mass is 10.1. The summed E-state index contributed by atoms with van der Waals surface area (Å²) in [6.07, 6.45) is 0. The highest BCUT2D eigenvalue weighted by atomic mass is 14.7. The molecule has 0 amide bonds. The zero-order valence-electron chi connectivity index (χ0n) is 9.59. The Bertz CT molecular complexity index is 576. The molecular formula is C15H12N2. The van der Waals surface area contributed by atoms with Crippen molar-refractivity contribution in [3.8, 4) is 6.07 Å². The molecular weight excluding hydrogens is 208 g/mol. The van der Waals surface area contributed by atoms with E-state index < -0.39 is 0 Å². The molecule has 2 nitrogen and oxygen atoms in total. The molecule has 1 heterocycles. The van der Waals surface area contributed by atoms with Gasteiger partial charge in [-0.2, -0.15) is 5.26 Å². The largest absolute Gasteiger partial charge is 0.248 e. The van der Waals surface area contributed by atoms with Crippen LogP contribution in [0.25, 0.3) is 21.8 Å². The number of aromatic nitrogens is 1. The van der Waals surface area contributed by atoms with Crippen LogP contribution in [0.5, 0.6) is 0 Å². The van der Waals surface area contributed by atoms with Crippen LogP contribution in [-0.2, 0) is 0 Å². The summed E-state index contributed by atoms with van der Waals surface area (Å²) in [7, 11) is 0. The van der Waals surface area contributed by atoms with E-state index in [0.29, 0.717) is 0 Å². The minimum absolute atomic E-state index is 1.06. The van der Waals surface area contributed by atoms with Crippen molar-refractivity contribution < 1.29 is 0 Å². The van der Waals surface area contributed by atoms with Crippen LogP contribution in [0.15, 0.2) is 54.6 Å². The number of para-hydroxylation sites is 2. The molecule has 3 aromatic rings. The fourth-order valence-electron chi connectivity index (χ4n) is 1.72. The van der Waals surface area contributed by atoms with E-state index in [-0.39, 0.29) is 0 Å². The molecule has 0 saturated heterocycles. The molecule has 0 radical (unpaired) electrons. The summed E-state index contributed by atoms with van der Waals surface area (Å²) >= 11 is 0. The Morgan fingerprint density at radius 1 is 0.882 bits per heavy atom. The predicted octanol–water partition coefficient (Wildman–Crippen LogP) is 3.92. The number of hydrogen-bond acceptors (Lipinski definition) is 2. The van der Waals surface area contributed by atoms with Gasteiger partial charge in [-0.3, -0.25) is 0 Å². The van der Waals surface area contributed by atoms with E-state index in [1.807, 2.05) is 36.4 Å². The molecule has 2 heteroatoms. The molecule has 0 N–H and O–H groups in total. The van der Waals surface area contributed by atoms with Crippen LogP contribution < -0.4 is 0 Å². The van der Waals surface area contributed by atoms with Crippen molar-refractivity contribution in [3.63, 3.8) is 0 Å². The van der Waals surface area contributed by atoms with Gasteiger partial charge in [0.05, 0.1) is 17.1 Å². The van der Waals surface area contributed by atoms with Crippen LogP contribution in [0.2, 0.25) is 0 Å². The first-order valence-corrected chi connectivity index (χ1v) is 5.40. The van der Waals surface area contributed by atoms with E-state index in [2.05, 4.69) is 23.2 Å². The SMILES string of the molecule is CC#N.c1ccc2nc3ccccc3cc2c1. The fraction of sp³-hybridized carbons (Fsp3) is 0.0667. The van der Waals surface area contributed by atoms with Crippen molar-refractivity contribution in [2.75, 3.05) is 0 Å². The van der Waals surface area contributed by atoms with Crippen molar-refractivity contribution in [1.82, 2.24) is 4.98 Å². The Balaban J connectivity index is 0.000000329. The minimum atomic E-state index is 1.06. The fourth-order valence-corrected chi connectivity index (χ4v) is 1.72. The van der Waals surface area contributed by atoms with E-state index in [4.69, 9.17) is 5.26 Å². The third-order valence-electron chi connectivity index (χ3n) is 2.43. The van der Waals surface area contributed by atoms with Crippen molar-refractivity contribution in [3.05, 3.63) is 54.6 Å². The van der Waals surface area contributed by atoms with Gasteiger partial charge in [0.25, 0.3) is 0 Å². The number of benzene rings is 2. The lowest BCUT2D eigenvalue weighted by molar-refractivity contribution is 1.49. The van der Waals surface area contributed by atoms with Gasteiger partial charge >= 0.3 is 0 Å². The van der Waals surface area contributed by atoms with Crippen molar-refractivity contribution in [1.29, 1.82) is 5.26 Å². The Hall–Kier alpha value is -2.40. The molecule has 0 saturated carbocycles. The minimum Gasteiger partial charge on any atom is -0.248 e. The van der Waals surface area contributed by atoms with Crippen LogP contribution in [0.3, 0.4) is 0 Å². The quantitative estimate of drug-likeness (QED) is 0.538. The molecule has 0 atom stereocenters. The van der Waals surface area contributed by atoms with Gasteiger partial charge in [0.1, 0.15) is 0 Å². The van der Waals surface area contributed by atoms with E-state index in [1.54, 1.807) is 6.07 Å². The summed E-state index contributed by atoms with van der Waals surface area (Å²) in [6.45, 7) is 1.43. The van der Waals surface area contributed by atoms with E-state index in [9.17, 15) is 0 Å². The summed E-state index contributed by atoms with van der Waals surface area (Å²) in [4.78, 5) is 4.58. The zero-order valence-corrected chi connectivity index (χ0v) is 9.59. The summed E-state index contributed by atoms with van der Waals surface area (Å²) < 4.78 is 0. The Morgan fingerprint density at radius 2 is 1.29 bits per heavy atom. The number of hydrogen-bond donors (Lipinski definition) is 0. The summed E-state index contributed by atoms with van der Waals surface area (Å²) in [5, 5.41) is 9.72. The van der Waals surface area contributed by atoms with Crippen LogP contribution in [0.4, 0.5) is 0 Å². The average Bonchev–Trinajstić information content (AvgIpc) is 2.37. The normalized spacial score (nSPS) is 9.41. The summed E-state index contributed by atoms with van der Waals surface area (Å²) in [5.41, 5.74) is 2.12. The van der Waals surface area contributed by atoms with Gasteiger partial charge < -0.3 is 0 Å². The van der Waals surface area contributed by atoms with Gasteiger partial charge in [-0.05, 0) is 18.2 Å². The molecule has 2 aromatic carbocycles. The summed E-state index contributed by atoms with van der Waals surface area (Å²) in [6, 6.07) is 20.3. The number of rotatable bonds is 0. The number of pyridine rings is 1. The van der Waals surface area contributed by atoms with Gasteiger partial charge in [0.2, 0.25) is 0 Å². The average molecular weight is 220 g/mol. The van der Waals surface area contributed by atoms with Gasteiger partial charge in [0, 0.05) is 17.7 Å². The maximum absolute atomic E-state index is 7.32. The maximum atomic E-state index is 7.32. The second-order valence-electron chi connectivity index (χ2n) is 3.60. The van der Waals surface area contributed by atoms with E-state index >= 15 is 0 Å². The zero-order chi connectivity index (χ0) is 12.1. The highest BCUT2D eigenvalue weighted by Crippen LogP contribution is 2.18. The Morgan fingerprint density at radius 3 is 1.76 bits per heavy atom. The number of nitriles is 1. The molecule has 0 spiro atoms. The molecule has 17 heavy (non-hydrogen) atoms. The molecule has 0 aliphatic heterocycles. The second kappa shape index (κ2) is 5.09. The van der Waals surface area contributed by atoms with Gasteiger partial charge in [0.15, 0.2) is 0 Å². The third-order valence-corrected chi connectivity index (χ3v) is 2.43. The second-order valence-corrected chi connectivity index (χ2v) is 3.60. The third kappa shape index (κ3) is 2.40. The summed E-state index contributed by atoms with van der Waals surface area (Å²) in [5.74, 6) is 0. The van der Waals surface area contributed by atoms with Crippen LogP contribution in [0, 0.1) is 11.3 Å². The Kier molecular flexibility index (Phi) is 3.32. The first-order chi connectivity index (χ1) is 8.35. The van der Waals surface area contributed by atoms with Crippen LogP contribution >= 0.6 is 0 Å². The molecule has 0 unspecified atom stereocenters.